The lowest BCUT2D eigenvalue weighted by Crippen LogP contribution is -1.85. The summed E-state index contributed by atoms with van der Waals surface area (Å²) < 4.78 is 0. The number of rotatable bonds is 2. The number of nitrogens with one attached hydrogen (secondary N) is 1. The van der Waals surface area contributed by atoms with Crippen LogP contribution in [0.1, 0.15) is 12.7 Å². The smallest absolute Gasteiger partial charge is 0.106 e. The van der Waals surface area contributed by atoms with Gasteiger partial charge in [0.2, 0.25) is 0 Å². The van der Waals surface area contributed by atoms with Gasteiger partial charge >= 0.3 is 0 Å². The summed E-state index contributed by atoms with van der Waals surface area (Å²) in [6.07, 6.45) is 0.919. The van der Waals surface area contributed by atoms with Gasteiger partial charge in [0.1, 0.15) is 5.82 Å². The maximum atomic E-state index is 5.81. The van der Waals surface area contributed by atoms with Crippen LogP contribution in [0.4, 0.5) is 5.69 Å². The predicted molar refractivity (Wildman–Crippen MR) is 75.3 cm³/mol. The fourth-order valence-electron chi connectivity index (χ4n) is 2.13. The number of aryl methyl sites for hydroxylation is 1. The lowest BCUT2D eigenvalue weighted by molar-refractivity contribution is 1.00. The highest BCUT2D eigenvalue weighted by molar-refractivity contribution is 5.82. The van der Waals surface area contributed by atoms with E-state index in [0.29, 0.717) is 0 Å². The van der Waals surface area contributed by atoms with Crippen molar-refractivity contribution in [1.29, 1.82) is 0 Å². The molecule has 3 N–H and O–H groups in total. The molecular formula is C15H15N3. The number of nitrogens with two attached hydrogens (primary N) is 1. The fourth-order valence-corrected chi connectivity index (χ4v) is 2.13. The number of anilines is 1. The number of nitrogen functional groups attached to an aromatic ring is 1. The molecule has 0 aliphatic rings. The largest absolute Gasteiger partial charge is 0.399 e. The molecule has 0 spiro atoms. The second-order valence-electron chi connectivity index (χ2n) is 4.39. The molecular weight excluding hydrogens is 222 g/mol. The Morgan fingerprint density at radius 1 is 1.11 bits per heavy atom. The number of hydrogen-bond donors (Lipinski definition) is 2. The van der Waals surface area contributed by atoms with Gasteiger partial charge in [-0.05, 0) is 35.4 Å². The Labute approximate surface area is 106 Å². The third kappa shape index (κ3) is 1.84. The number of aromatic amines is 1. The monoisotopic (exact) mass is 237 g/mol. The Morgan fingerprint density at radius 2 is 1.94 bits per heavy atom. The van der Waals surface area contributed by atoms with Crippen LogP contribution in [0.15, 0.2) is 42.5 Å². The average molecular weight is 237 g/mol. The van der Waals surface area contributed by atoms with Crippen molar-refractivity contribution in [1.82, 2.24) is 9.97 Å². The number of imidazole rings is 1. The summed E-state index contributed by atoms with van der Waals surface area (Å²) in [7, 11) is 0. The molecule has 3 aromatic rings. The molecule has 3 heteroatoms. The van der Waals surface area contributed by atoms with Crippen LogP contribution in [0.25, 0.3) is 22.2 Å². The SMILES string of the molecule is CCc1nc2ccc(-c3cccc(N)c3)cc2[nH]1. The molecule has 90 valence electrons. The van der Waals surface area contributed by atoms with Crippen LogP contribution in [0.2, 0.25) is 0 Å². The van der Waals surface area contributed by atoms with Gasteiger partial charge in [-0.2, -0.15) is 0 Å². The van der Waals surface area contributed by atoms with Crippen LogP contribution in [-0.4, -0.2) is 9.97 Å². The molecule has 1 heterocycles. The molecule has 3 nitrogen and oxygen atoms in total. The molecule has 0 radical (unpaired) electrons. The van der Waals surface area contributed by atoms with Gasteiger partial charge in [-0.25, -0.2) is 4.98 Å². The molecule has 2 aromatic carbocycles. The second kappa shape index (κ2) is 4.18. The number of nitrogens with zero attached hydrogens (tertiary/aromatic N) is 1. The molecule has 0 bridgehead atoms. The summed E-state index contributed by atoms with van der Waals surface area (Å²) in [5, 5.41) is 0. The summed E-state index contributed by atoms with van der Waals surface area (Å²) in [6, 6.07) is 14.2. The number of hydrogen-bond acceptors (Lipinski definition) is 2. The Morgan fingerprint density at radius 3 is 2.72 bits per heavy atom. The van der Waals surface area contributed by atoms with Crippen molar-refractivity contribution in [2.75, 3.05) is 5.73 Å². The van der Waals surface area contributed by atoms with Crippen molar-refractivity contribution >= 4 is 16.7 Å². The van der Waals surface area contributed by atoms with Crippen molar-refractivity contribution in [3.8, 4) is 11.1 Å². The van der Waals surface area contributed by atoms with Crippen LogP contribution >= 0.6 is 0 Å². The van der Waals surface area contributed by atoms with Crippen molar-refractivity contribution in [2.45, 2.75) is 13.3 Å². The van der Waals surface area contributed by atoms with Gasteiger partial charge in [-0.3, -0.25) is 0 Å². The van der Waals surface area contributed by atoms with E-state index in [1.165, 1.54) is 0 Å². The minimum Gasteiger partial charge on any atom is -0.399 e. The summed E-state index contributed by atoms with van der Waals surface area (Å²) >= 11 is 0. The molecule has 0 atom stereocenters. The molecule has 0 aliphatic heterocycles. The Kier molecular flexibility index (Phi) is 2.52. The number of aromatic nitrogens is 2. The minimum absolute atomic E-state index is 0.784. The average Bonchev–Trinajstić information content (AvgIpc) is 2.80. The molecule has 0 fully saturated rings. The van der Waals surface area contributed by atoms with Gasteiger partial charge in [-0.15, -0.1) is 0 Å². The third-order valence-corrected chi connectivity index (χ3v) is 3.09. The Balaban J connectivity index is 2.12. The molecule has 1 aromatic heterocycles. The highest BCUT2D eigenvalue weighted by Gasteiger charge is 2.04. The Bertz CT molecular complexity index is 698. The van der Waals surface area contributed by atoms with Gasteiger partial charge in [-0.1, -0.05) is 25.1 Å². The van der Waals surface area contributed by atoms with Gasteiger partial charge in [0.15, 0.2) is 0 Å². The van der Waals surface area contributed by atoms with Gasteiger partial charge in [0, 0.05) is 12.1 Å². The van der Waals surface area contributed by atoms with E-state index >= 15 is 0 Å². The normalized spacial score (nSPS) is 10.9. The summed E-state index contributed by atoms with van der Waals surface area (Å²) in [6.45, 7) is 2.09. The molecule has 0 saturated carbocycles. The van der Waals surface area contributed by atoms with E-state index in [4.69, 9.17) is 5.73 Å². The molecule has 3 rings (SSSR count). The topological polar surface area (TPSA) is 54.7 Å². The first-order valence-electron chi connectivity index (χ1n) is 6.11. The van der Waals surface area contributed by atoms with Crippen molar-refractivity contribution in [3.05, 3.63) is 48.3 Å². The first-order chi connectivity index (χ1) is 8.76. The highest BCUT2D eigenvalue weighted by atomic mass is 14.9. The second-order valence-corrected chi connectivity index (χ2v) is 4.39. The summed E-state index contributed by atoms with van der Waals surface area (Å²) in [4.78, 5) is 7.83. The van der Waals surface area contributed by atoms with Crippen molar-refractivity contribution in [2.24, 2.45) is 0 Å². The van der Waals surface area contributed by atoms with Gasteiger partial charge in [0.25, 0.3) is 0 Å². The predicted octanol–water partition coefficient (Wildman–Crippen LogP) is 3.37. The molecule has 18 heavy (non-hydrogen) atoms. The Hall–Kier alpha value is -2.29. The minimum atomic E-state index is 0.784. The van der Waals surface area contributed by atoms with Crippen molar-refractivity contribution < 1.29 is 0 Å². The zero-order valence-corrected chi connectivity index (χ0v) is 10.3. The van der Waals surface area contributed by atoms with Crippen LogP contribution in [0.5, 0.6) is 0 Å². The van der Waals surface area contributed by atoms with E-state index in [1.807, 2.05) is 24.3 Å². The zero-order chi connectivity index (χ0) is 12.5. The van der Waals surface area contributed by atoms with E-state index in [0.717, 1.165) is 40.1 Å². The van der Waals surface area contributed by atoms with Crippen LogP contribution in [0, 0.1) is 0 Å². The summed E-state index contributed by atoms with van der Waals surface area (Å²) in [5.74, 6) is 1.02. The van der Waals surface area contributed by atoms with Gasteiger partial charge in [0.05, 0.1) is 11.0 Å². The number of H-pyrrole nitrogens is 1. The van der Waals surface area contributed by atoms with Crippen LogP contribution < -0.4 is 5.73 Å². The quantitative estimate of drug-likeness (QED) is 0.671. The standard InChI is InChI=1S/C15H15N3/c1-2-15-17-13-7-6-11(9-14(13)18-15)10-4-3-5-12(16)8-10/h3-9H,2,16H2,1H3,(H,17,18). The van der Waals surface area contributed by atoms with E-state index < -0.39 is 0 Å². The number of benzene rings is 2. The number of fused-ring (bicyclic) bond motifs is 1. The van der Waals surface area contributed by atoms with E-state index in [2.05, 4.69) is 35.1 Å². The van der Waals surface area contributed by atoms with E-state index in [9.17, 15) is 0 Å². The summed E-state index contributed by atoms with van der Waals surface area (Å²) in [5.41, 5.74) is 11.0. The van der Waals surface area contributed by atoms with Crippen LogP contribution in [0.3, 0.4) is 0 Å². The first-order valence-corrected chi connectivity index (χ1v) is 6.11. The van der Waals surface area contributed by atoms with E-state index in [1.54, 1.807) is 0 Å². The molecule has 0 unspecified atom stereocenters. The fraction of sp³-hybridized carbons (Fsp3) is 0.133. The van der Waals surface area contributed by atoms with Crippen LogP contribution in [-0.2, 0) is 6.42 Å². The van der Waals surface area contributed by atoms with Crippen molar-refractivity contribution in [3.63, 3.8) is 0 Å². The van der Waals surface area contributed by atoms with E-state index in [-0.39, 0.29) is 0 Å². The molecule has 0 aliphatic carbocycles. The maximum absolute atomic E-state index is 5.81. The molecule has 0 saturated heterocycles. The lowest BCUT2D eigenvalue weighted by Gasteiger charge is -2.02. The van der Waals surface area contributed by atoms with Gasteiger partial charge < -0.3 is 10.7 Å². The third-order valence-electron chi connectivity index (χ3n) is 3.09. The highest BCUT2D eigenvalue weighted by Crippen LogP contribution is 2.24. The zero-order valence-electron chi connectivity index (χ0n) is 10.3. The maximum Gasteiger partial charge on any atom is 0.106 e. The molecule has 0 amide bonds. The lowest BCUT2D eigenvalue weighted by atomic mass is 10.0. The first kappa shape index (κ1) is 10.8.